The average Bonchev–Trinajstić information content (AvgIpc) is 2.65. The predicted octanol–water partition coefficient (Wildman–Crippen LogP) is 3.95. The first-order valence-corrected chi connectivity index (χ1v) is 8.09. The molecule has 0 spiro atoms. The van der Waals surface area contributed by atoms with Crippen LogP contribution in [-0.2, 0) is 13.1 Å². The Morgan fingerprint density at radius 2 is 1.55 bits per heavy atom. The lowest BCUT2D eigenvalue weighted by atomic mass is 10.0. The van der Waals surface area contributed by atoms with Gasteiger partial charge in [0.25, 0.3) is 0 Å². The molecule has 0 saturated carbocycles. The summed E-state index contributed by atoms with van der Waals surface area (Å²) in [5, 5.41) is 3.61. The van der Waals surface area contributed by atoms with E-state index in [2.05, 4.69) is 55.3 Å². The molecule has 2 rings (SSSR count). The van der Waals surface area contributed by atoms with Crippen LogP contribution in [0.1, 0.15) is 57.6 Å². The number of rotatable bonds is 4. The van der Waals surface area contributed by atoms with Gasteiger partial charge in [0.05, 0.1) is 0 Å². The topological polar surface area (TPSA) is 15.3 Å². The molecule has 0 unspecified atom stereocenters. The van der Waals surface area contributed by atoms with Crippen LogP contribution in [0.25, 0.3) is 0 Å². The molecule has 0 aromatic heterocycles. The Balaban J connectivity index is 1.99. The molecule has 1 saturated heterocycles. The molecule has 20 heavy (non-hydrogen) atoms. The maximum atomic E-state index is 3.61. The van der Waals surface area contributed by atoms with Crippen molar-refractivity contribution >= 4 is 0 Å². The van der Waals surface area contributed by atoms with Crippen molar-refractivity contribution in [2.45, 2.75) is 65.1 Å². The third kappa shape index (κ3) is 5.26. The summed E-state index contributed by atoms with van der Waals surface area (Å²) in [4.78, 5) is 2.63. The van der Waals surface area contributed by atoms with E-state index in [0.29, 0.717) is 0 Å². The smallest absolute Gasteiger partial charge is 0.0236 e. The Kier molecular flexibility index (Phi) is 5.62. The number of hydrogen-bond acceptors (Lipinski definition) is 2. The standard InChI is InChI=1S/C18H30N2/c1-18(2,3)19-14-16-10-6-7-11-17(16)15-20-12-8-4-5-9-13-20/h6-7,10-11,19H,4-5,8-9,12-15H2,1-3H3. The van der Waals surface area contributed by atoms with Crippen LogP contribution in [0.15, 0.2) is 24.3 Å². The fraction of sp³-hybridized carbons (Fsp3) is 0.667. The zero-order valence-electron chi connectivity index (χ0n) is 13.4. The molecule has 0 radical (unpaired) electrons. The van der Waals surface area contributed by atoms with Gasteiger partial charge in [-0.1, -0.05) is 37.1 Å². The largest absolute Gasteiger partial charge is 0.308 e. The first-order chi connectivity index (χ1) is 9.54. The molecule has 1 heterocycles. The van der Waals surface area contributed by atoms with E-state index in [0.717, 1.165) is 13.1 Å². The molecule has 0 amide bonds. The van der Waals surface area contributed by atoms with Crippen LogP contribution in [0.5, 0.6) is 0 Å². The van der Waals surface area contributed by atoms with Gasteiger partial charge in [-0.3, -0.25) is 4.90 Å². The van der Waals surface area contributed by atoms with Crippen LogP contribution in [0.2, 0.25) is 0 Å². The molecule has 0 bridgehead atoms. The summed E-state index contributed by atoms with van der Waals surface area (Å²) < 4.78 is 0. The van der Waals surface area contributed by atoms with E-state index in [1.165, 1.54) is 49.9 Å². The second-order valence-electron chi connectivity index (χ2n) is 7.06. The number of nitrogens with one attached hydrogen (secondary N) is 1. The number of nitrogens with zero attached hydrogens (tertiary/aromatic N) is 1. The number of hydrogen-bond donors (Lipinski definition) is 1. The molecule has 2 nitrogen and oxygen atoms in total. The highest BCUT2D eigenvalue weighted by molar-refractivity contribution is 5.27. The van der Waals surface area contributed by atoms with Crippen molar-refractivity contribution in [1.29, 1.82) is 0 Å². The molecule has 0 aliphatic carbocycles. The summed E-state index contributed by atoms with van der Waals surface area (Å²) in [6, 6.07) is 8.90. The van der Waals surface area contributed by atoms with E-state index in [1.807, 2.05) is 0 Å². The van der Waals surface area contributed by atoms with Crippen molar-refractivity contribution in [2.75, 3.05) is 13.1 Å². The molecule has 1 fully saturated rings. The van der Waals surface area contributed by atoms with Crippen LogP contribution >= 0.6 is 0 Å². The fourth-order valence-electron chi connectivity index (χ4n) is 2.78. The van der Waals surface area contributed by atoms with E-state index in [1.54, 1.807) is 0 Å². The fourth-order valence-corrected chi connectivity index (χ4v) is 2.78. The van der Waals surface area contributed by atoms with Gasteiger partial charge in [0.15, 0.2) is 0 Å². The summed E-state index contributed by atoms with van der Waals surface area (Å²) >= 11 is 0. The second-order valence-corrected chi connectivity index (χ2v) is 7.06. The first kappa shape index (κ1) is 15.5. The lowest BCUT2D eigenvalue weighted by molar-refractivity contribution is 0.275. The lowest BCUT2D eigenvalue weighted by Crippen LogP contribution is -2.35. The van der Waals surface area contributed by atoms with Crippen molar-refractivity contribution in [1.82, 2.24) is 10.2 Å². The molecule has 112 valence electrons. The van der Waals surface area contributed by atoms with Gasteiger partial charge in [-0.2, -0.15) is 0 Å². The average molecular weight is 274 g/mol. The molecule has 0 atom stereocenters. The van der Waals surface area contributed by atoms with Gasteiger partial charge in [-0.15, -0.1) is 0 Å². The van der Waals surface area contributed by atoms with Gasteiger partial charge >= 0.3 is 0 Å². The van der Waals surface area contributed by atoms with Crippen molar-refractivity contribution in [2.24, 2.45) is 0 Å². The number of benzene rings is 1. The van der Waals surface area contributed by atoms with Crippen LogP contribution in [0.4, 0.5) is 0 Å². The zero-order valence-corrected chi connectivity index (χ0v) is 13.4. The monoisotopic (exact) mass is 274 g/mol. The van der Waals surface area contributed by atoms with Crippen molar-refractivity contribution in [3.05, 3.63) is 35.4 Å². The summed E-state index contributed by atoms with van der Waals surface area (Å²) in [6.45, 7) is 11.3. The van der Waals surface area contributed by atoms with Crippen LogP contribution < -0.4 is 5.32 Å². The normalized spacial score (nSPS) is 17.9. The van der Waals surface area contributed by atoms with Crippen LogP contribution in [0.3, 0.4) is 0 Å². The second kappa shape index (κ2) is 7.24. The Morgan fingerprint density at radius 1 is 0.950 bits per heavy atom. The highest BCUT2D eigenvalue weighted by Gasteiger charge is 2.13. The van der Waals surface area contributed by atoms with Gasteiger partial charge in [0, 0.05) is 18.6 Å². The molecule has 1 N–H and O–H groups in total. The Hall–Kier alpha value is -0.860. The number of likely N-dealkylation sites (tertiary alicyclic amines) is 1. The minimum atomic E-state index is 0.176. The summed E-state index contributed by atoms with van der Waals surface area (Å²) in [5.41, 5.74) is 3.12. The third-order valence-electron chi connectivity index (χ3n) is 4.02. The van der Waals surface area contributed by atoms with Gasteiger partial charge < -0.3 is 5.32 Å². The van der Waals surface area contributed by atoms with Crippen molar-refractivity contribution in [3.63, 3.8) is 0 Å². The molecule has 1 aliphatic rings. The van der Waals surface area contributed by atoms with Gasteiger partial charge in [-0.25, -0.2) is 0 Å². The SMILES string of the molecule is CC(C)(C)NCc1ccccc1CN1CCCCCC1. The van der Waals surface area contributed by atoms with E-state index >= 15 is 0 Å². The molecule has 1 aromatic carbocycles. The third-order valence-corrected chi connectivity index (χ3v) is 4.02. The molecule has 1 aliphatic heterocycles. The quantitative estimate of drug-likeness (QED) is 0.894. The highest BCUT2D eigenvalue weighted by Crippen LogP contribution is 2.16. The van der Waals surface area contributed by atoms with Crippen molar-refractivity contribution in [3.8, 4) is 0 Å². The van der Waals surface area contributed by atoms with Gasteiger partial charge in [0.1, 0.15) is 0 Å². The first-order valence-electron chi connectivity index (χ1n) is 8.09. The summed E-state index contributed by atoms with van der Waals surface area (Å²) in [6.07, 6.45) is 5.54. The van der Waals surface area contributed by atoms with Gasteiger partial charge in [0.2, 0.25) is 0 Å². The minimum Gasteiger partial charge on any atom is -0.308 e. The highest BCUT2D eigenvalue weighted by atomic mass is 15.1. The maximum Gasteiger partial charge on any atom is 0.0236 e. The molecule has 1 aromatic rings. The van der Waals surface area contributed by atoms with Crippen LogP contribution in [-0.4, -0.2) is 23.5 Å². The maximum absolute atomic E-state index is 3.61. The Morgan fingerprint density at radius 3 is 2.15 bits per heavy atom. The van der Waals surface area contributed by atoms with Gasteiger partial charge in [-0.05, 0) is 57.8 Å². The van der Waals surface area contributed by atoms with Crippen LogP contribution in [0, 0.1) is 0 Å². The predicted molar refractivity (Wildman–Crippen MR) is 86.8 cm³/mol. The van der Waals surface area contributed by atoms with E-state index in [4.69, 9.17) is 0 Å². The summed E-state index contributed by atoms with van der Waals surface area (Å²) in [7, 11) is 0. The van der Waals surface area contributed by atoms with Crippen molar-refractivity contribution < 1.29 is 0 Å². The Labute approximate surface area is 124 Å². The van der Waals surface area contributed by atoms with E-state index in [9.17, 15) is 0 Å². The molecule has 2 heteroatoms. The van der Waals surface area contributed by atoms with E-state index < -0.39 is 0 Å². The Bertz CT molecular complexity index is 398. The lowest BCUT2D eigenvalue weighted by Gasteiger charge is -2.24. The molecular weight excluding hydrogens is 244 g/mol. The summed E-state index contributed by atoms with van der Waals surface area (Å²) in [5.74, 6) is 0. The van der Waals surface area contributed by atoms with E-state index in [-0.39, 0.29) is 5.54 Å². The zero-order chi connectivity index (χ0) is 14.4. The minimum absolute atomic E-state index is 0.176. The molecular formula is C18H30N2.